The number of aryl methyl sites for hydroxylation is 2. The fourth-order valence-electron chi connectivity index (χ4n) is 1.57. The first-order valence-corrected chi connectivity index (χ1v) is 6.00. The fourth-order valence-corrected chi connectivity index (χ4v) is 2.04. The zero-order valence-electron chi connectivity index (χ0n) is 10.4. The molecule has 0 bridgehead atoms. The maximum atomic E-state index is 11.3. The average molecular weight is 328 g/mol. The first-order valence-electron chi connectivity index (χ1n) is 5.20. The van der Waals surface area contributed by atoms with Crippen LogP contribution in [-0.2, 0) is 0 Å². The molecule has 0 aliphatic heterocycles. The molecule has 1 rings (SSSR count). The van der Waals surface area contributed by atoms with Crippen LogP contribution in [0.1, 0.15) is 21.5 Å². The number of nitrogens with zero attached hydrogens (tertiary/aromatic N) is 2. The number of benzene rings is 1. The molecule has 0 fully saturated rings. The molecule has 7 N–H and O–H groups in total. The van der Waals surface area contributed by atoms with Gasteiger partial charge in [0.2, 0.25) is 5.96 Å². The highest BCUT2D eigenvalue weighted by molar-refractivity contribution is 9.10. The van der Waals surface area contributed by atoms with E-state index >= 15 is 0 Å². The number of nitrogens with two attached hydrogens (primary N) is 3. The Morgan fingerprint density at radius 1 is 1.26 bits per heavy atom. The van der Waals surface area contributed by atoms with Gasteiger partial charge in [0.25, 0.3) is 0 Å². The smallest absolute Gasteiger partial charge is 0.339 e. The van der Waals surface area contributed by atoms with Gasteiger partial charge in [-0.2, -0.15) is 4.99 Å². The first-order chi connectivity index (χ1) is 8.73. The Morgan fingerprint density at radius 2 is 1.84 bits per heavy atom. The van der Waals surface area contributed by atoms with Crippen LogP contribution in [0.4, 0.5) is 5.69 Å². The summed E-state index contributed by atoms with van der Waals surface area (Å²) >= 11 is 3.23. The first kappa shape index (κ1) is 15.0. The number of carboxylic acids is 1. The predicted molar refractivity (Wildman–Crippen MR) is 77.7 cm³/mol. The van der Waals surface area contributed by atoms with Gasteiger partial charge in [-0.15, -0.1) is 0 Å². The molecule has 0 aromatic heterocycles. The van der Waals surface area contributed by atoms with Gasteiger partial charge in [0.15, 0.2) is 5.96 Å². The average Bonchev–Trinajstić information content (AvgIpc) is 2.24. The van der Waals surface area contributed by atoms with E-state index in [1.807, 2.05) is 0 Å². The third-order valence-electron chi connectivity index (χ3n) is 2.29. The van der Waals surface area contributed by atoms with Crippen molar-refractivity contribution in [2.24, 2.45) is 27.2 Å². The van der Waals surface area contributed by atoms with E-state index in [2.05, 4.69) is 25.9 Å². The maximum absolute atomic E-state index is 11.3. The summed E-state index contributed by atoms with van der Waals surface area (Å²) in [5.41, 5.74) is 17.6. The van der Waals surface area contributed by atoms with Gasteiger partial charge in [0.05, 0.1) is 11.3 Å². The molecule has 0 saturated heterocycles. The standard InChI is InChI=1S/C11H14BrN5O2/c1-4-3-5(2)8(6(7(4)12)9(18)19)16-11(15)17-10(13)14/h3H,1-2H3,(H,18,19)(H6,13,14,15,16,17). The molecule has 0 spiro atoms. The number of aliphatic imine (C=N–C) groups is 2. The number of carboxylic acid groups (broad SMARTS) is 1. The molecule has 1 aromatic carbocycles. The minimum atomic E-state index is -1.12. The normalized spacial score (nSPS) is 11.2. The summed E-state index contributed by atoms with van der Waals surface area (Å²) in [6.45, 7) is 3.52. The molecule has 0 amide bonds. The predicted octanol–water partition coefficient (Wildman–Crippen LogP) is 0.984. The summed E-state index contributed by atoms with van der Waals surface area (Å²) in [4.78, 5) is 18.8. The second-order valence-electron chi connectivity index (χ2n) is 3.86. The van der Waals surface area contributed by atoms with Gasteiger partial charge in [0.1, 0.15) is 0 Å². The van der Waals surface area contributed by atoms with Crippen molar-refractivity contribution in [3.05, 3.63) is 27.2 Å². The van der Waals surface area contributed by atoms with Crippen LogP contribution in [0.15, 0.2) is 20.5 Å². The van der Waals surface area contributed by atoms with Crippen molar-refractivity contribution in [2.75, 3.05) is 0 Å². The summed E-state index contributed by atoms with van der Waals surface area (Å²) in [6.07, 6.45) is 0. The number of rotatable bonds is 2. The molecule has 0 aliphatic rings. The van der Waals surface area contributed by atoms with Crippen LogP contribution in [0.5, 0.6) is 0 Å². The molecule has 102 valence electrons. The third-order valence-corrected chi connectivity index (χ3v) is 3.31. The second-order valence-corrected chi connectivity index (χ2v) is 4.65. The zero-order chi connectivity index (χ0) is 14.7. The van der Waals surface area contributed by atoms with E-state index < -0.39 is 5.97 Å². The van der Waals surface area contributed by atoms with Crippen LogP contribution in [0.2, 0.25) is 0 Å². The van der Waals surface area contributed by atoms with Crippen molar-refractivity contribution in [1.29, 1.82) is 0 Å². The Balaban J connectivity index is 3.55. The van der Waals surface area contributed by atoms with Crippen LogP contribution >= 0.6 is 15.9 Å². The molecular formula is C11H14BrN5O2. The highest BCUT2D eigenvalue weighted by atomic mass is 79.9. The van der Waals surface area contributed by atoms with Gasteiger partial charge in [-0.3, -0.25) is 0 Å². The summed E-state index contributed by atoms with van der Waals surface area (Å²) in [6, 6.07) is 1.79. The fraction of sp³-hybridized carbons (Fsp3) is 0.182. The van der Waals surface area contributed by atoms with Crippen LogP contribution < -0.4 is 17.2 Å². The van der Waals surface area contributed by atoms with E-state index in [-0.39, 0.29) is 23.2 Å². The van der Waals surface area contributed by atoms with E-state index in [1.165, 1.54) is 0 Å². The van der Waals surface area contributed by atoms with Crippen molar-refractivity contribution in [3.8, 4) is 0 Å². The Labute approximate surface area is 118 Å². The lowest BCUT2D eigenvalue weighted by atomic mass is 10.0. The molecule has 0 atom stereocenters. The molecule has 0 aliphatic carbocycles. The minimum Gasteiger partial charge on any atom is -0.478 e. The number of aromatic carboxylic acids is 1. The SMILES string of the molecule is Cc1cc(C)c(N=C(N)N=C(N)N)c(C(=O)O)c1Br. The van der Waals surface area contributed by atoms with Gasteiger partial charge in [-0.25, -0.2) is 9.79 Å². The van der Waals surface area contributed by atoms with Gasteiger partial charge in [0, 0.05) is 4.47 Å². The van der Waals surface area contributed by atoms with Crippen LogP contribution in [0, 0.1) is 13.8 Å². The van der Waals surface area contributed by atoms with E-state index in [4.69, 9.17) is 17.2 Å². The number of halogens is 1. The van der Waals surface area contributed by atoms with Gasteiger partial charge < -0.3 is 22.3 Å². The summed E-state index contributed by atoms with van der Waals surface area (Å²) in [5.74, 6) is -1.57. The van der Waals surface area contributed by atoms with E-state index in [9.17, 15) is 9.90 Å². The number of guanidine groups is 2. The van der Waals surface area contributed by atoms with E-state index in [0.29, 0.717) is 10.0 Å². The third kappa shape index (κ3) is 3.44. The summed E-state index contributed by atoms with van der Waals surface area (Å²) in [7, 11) is 0. The largest absolute Gasteiger partial charge is 0.478 e. The molecule has 7 nitrogen and oxygen atoms in total. The van der Waals surface area contributed by atoms with Crippen molar-refractivity contribution < 1.29 is 9.90 Å². The summed E-state index contributed by atoms with van der Waals surface area (Å²) in [5, 5.41) is 9.26. The molecule has 8 heteroatoms. The van der Waals surface area contributed by atoms with Crippen molar-refractivity contribution in [3.63, 3.8) is 0 Å². The summed E-state index contributed by atoms with van der Waals surface area (Å²) < 4.78 is 0.446. The van der Waals surface area contributed by atoms with Gasteiger partial charge in [-0.1, -0.05) is 6.07 Å². The Kier molecular flexibility index (Phi) is 4.49. The van der Waals surface area contributed by atoms with E-state index in [1.54, 1.807) is 19.9 Å². The Bertz CT molecular complexity index is 591. The Hall–Kier alpha value is -2.09. The monoisotopic (exact) mass is 327 g/mol. The van der Waals surface area contributed by atoms with Crippen molar-refractivity contribution in [1.82, 2.24) is 0 Å². The molecule has 0 saturated carbocycles. The highest BCUT2D eigenvalue weighted by Crippen LogP contribution is 2.33. The molecule has 0 unspecified atom stereocenters. The van der Waals surface area contributed by atoms with Gasteiger partial charge in [-0.05, 0) is 40.9 Å². The molecule has 0 heterocycles. The Morgan fingerprint density at radius 3 is 2.32 bits per heavy atom. The second kappa shape index (κ2) is 5.70. The van der Waals surface area contributed by atoms with Crippen LogP contribution in [-0.4, -0.2) is 23.0 Å². The number of hydrogen-bond acceptors (Lipinski definition) is 2. The number of hydrogen-bond donors (Lipinski definition) is 4. The number of carbonyl (C=O) groups is 1. The van der Waals surface area contributed by atoms with Crippen LogP contribution in [0.25, 0.3) is 0 Å². The lowest BCUT2D eigenvalue weighted by Gasteiger charge is -2.10. The quantitative estimate of drug-likeness (QED) is 0.473. The highest BCUT2D eigenvalue weighted by Gasteiger charge is 2.18. The van der Waals surface area contributed by atoms with Crippen molar-refractivity contribution >= 4 is 39.5 Å². The van der Waals surface area contributed by atoms with Gasteiger partial charge >= 0.3 is 5.97 Å². The topological polar surface area (TPSA) is 140 Å². The molecular weight excluding hydrogens is 314 g/mol. The molecule has 1 aromatic rings. The zero-order valence-corrected chi connectivity index (χ0v) is 12.0. The molecule has 19 heavy (non-hydrogen) atoms. The lowest BCUT2D eigenvalue weighted by Crippen LogP contribution is -2.26. The lowest BCUT2D eigenvalue weighted by molar-refractivity contribution is 0.0696. The minimum absolute atomic E-state index is 0.0197. The molecule has 0 radical (unpaired) electrons. The van der Waals surface area contributed by atoms with Crippen LogP contribution in [0.3, 0.4) is 0 Å². The van der Waals surface area contributed by atoms with E-state index in [0.717, 1.165) is 5.56 Å². The van der Waals surface area contributed by atoms with Crippen molar-refractivity contribution in [2.45, 2.75) is 13.8 Å². The maximum Gasteiger partial charge on any atom is 0.339 e.